The van der Waals surface area contributed by atoms with Crippen molar-refractivity contribution in [1.29, 1.82) is 0 Å². The second-order valence-corrected chi connectivity index (χ2v) is 2.69. The molecular weight excluding hydrogens is 152 g/mol. The molecule has 0 spiro atoms. The summed E-state index contributed by atoms with van der Waals surface area (Å²) in [7, 11) is 0. The molecule has 12 heavy (non-hydrogen) atoms. The Morgan fingerprint density at radius 1 is 1.58 bits per heavy atom. The van der Waals surface area contributed by atoms with Gasteiger partial charge in [0.25, 0.3) is 5.91 Å². The van der Waals surface area contributed by atoms with Gasteiger partial charge in [-0.15, -0.1) is 0 Å². The van der Waals surface area contributed by atoms with Crippen molar-refractivity contribution in [3.63, 3.8) is 0 Å². The highest BCUT2D eigenvalue weighted by molar-refractivity contribution is 5.92. The number of aryl methyl sites for hydroxylation is 2. The summed E-state index contributed by atoms with van der Waals surface area (Å²) < 4.78 is 0. The molecule has 0 saturated heterocycles. The molecule has 0 bridgehead atoms. The summed E-state index contributed by atoms with van der Waals surface area (Å²) in [6.07, 6.45) is 0.820. The Kier molecular flexibility index (Phi) is 2.43. The molecule has 1 aromatic rings. The third-order valence-corrected chi connectivity index (χ3v) is 1.75. The van der Waals surface area contributed by atoms with Crippen molar-refractivity contribution < 1.29 is 4.79 Å². The van der Waals surface area contributed by atoms with E-state index in [1.165, 1.54) is 0 Å². The molecule has 0 aliphatic rings. The monoisotopic (exact) mass is 164 g/mol. The highest BCUT2D eigenvalue weighted by Crippen LogP contribution is 2.05. The van der Waals surface area contributed by atoms with E-state index in [1.54, 1.807) is 0 Å². The van der Waals surface area contributed by atoms with Gasteiger partial charge in [0.1, 0.15) is 5.69 Å². The fraction of sp³-hybridized carbons (Fsp3) is 0.333. The van der Waals surface area contributed by atoms with E-state index in [2.05, 4.69) is 4.98 Å². The van der Waals surface area contributed by atoms with Crippen molar-refractivity contribution >= 4 is 5.91 Å². The van der Waals surface area contributed by atoms with E-state index in [0.29, 0.717) is 5.69 Å². The Labute approximate surface area is 71.6 Å². The largest absolute Gasteiger partial charge is 0.364 e. The molecule has 0 aromatic carbocycles. The maximum atomic E-state index is 10.8. The van der Waals surface area contributed by atoms with Gasteiger partial charge in [-0.25, -0.2) is 4.98 Å². The number of pyridine rings is 1. The number of amides is 1. The summed E-state index contributed by atoms with van der Waals surface area (Å²) in [5, 5.41) is 0. The van der Waals surface area contributed by atoms with Crippen LogP contribution in [0.2, 0.25) is 0 Å². The maximum Gasteiger partial charge on any atom is 0.267 e. The van der Waals surface area contributed by atoms with Gasteiger partial charge in [-0.2, -0.15) is 0 Å². The summed E-state index contributed by atoms with van der Waals surface area (Å²) in [5.41, 5.74) is 7.25. The predicted molar refractivity (Wildman–Crippen MR) is 46.9 cm³/mol. The summed E-state index contributed by atoms with van der Waals surface area (Å²) in [5.74, 6) is -0.456. The third kappa shape index (κ3) is 1.61. The van der Waals surface area contributed by atoms with Crippen molar-refractivity contribution in [2.45, 2.75) is 20.3 Å². The molecule has 1 aromatic heterocycles. The van der Waals surface area contributed by atoms with Crippen LogP contribution in [0.25, 0.3) is 0 Å². The first-order valence-electron chi connectivity index (χ1n) is 3.91. The van der Waals surface area contributed by atoms with E-state index in [1.807, 2.05) is 26.0 Å². The Balaban J connectivity index is 3.17. The van der Waals surface area contributed by atoms with Crippen LogP contribution in [-0.4, -0.2) is 10.9 Å². The number of hydrogen-bond acceptors (Lipinski definition) is 2. The Morgan fingerprint density at radius 2 is 2.25 bits per heavy atom. The number of carbonyl (C=O) groups is 1. The zero-order valence-electron chi connectivity index (χ0n) is 7.29. The van der Waals surface area contributed by atoms with Gasteiger partial charge < -0.3 is 5.73 Å². The first kappa shape index (κ1) is 8.71. The van der Waals surface area contributed by atoms with Crippen LogP contribution in [0.4, 0.5) is 0 Å². The van der Waals surface area contributed by atoms with Gasteiger partial charge in [0.15, 0.2) is 0 Å². The molecule has 0 aliphatic heterocycles. The molecule has 3 nitrogen and oxygen atoms in total. The third-order valence-electron chi connectivity index (χ3n) is 1.75. The molecule has 0 saturated carbocycles. The smallest absolute Gasteiger partial charge is 0.267 e. The Morgan fingerprint density at radius 3 is 2.75 bits per heavy atom. The average molecular weight is 164 g/mol. The molecule has 64 valence electrons. The van der Waals surface area contributed by atoms with Crippen molar-refractivity contribution in [1.82, 2.24) is 4.98 Å². The minimum atomic E-state index is -0.456. The average Bonchev–Trinajstić information content (AvgIpc) is 2.05. The lowest BCUT2D eigenvalue weighted by Crippen LogP contribution is -2.15. The zero-order chi connectivity index (χ0) is 9.14. The van der Waals surface area contributed by atoms with Gasteiger partial charge >= 0.3 is 0 Å². The van der Waals surface area contributed by atoms with Gasteiger partial charge in [-0.1, -0.05) is 13.0 Å². The number of nitrogens with two attached hydrogens (primary N) is 1. The van der Waals surface area contributed by atoms with Crippen molar-refractivity contribution in [2.24, 2.45) is 5.73 Å². The van der Waals surface area contributed by atoms with Gasteiger partial charge in [-0.05, 0) is 25.0 Å². The highest BCUT2D eigenvalue weighted by atomic mass is 16.1. The van der Waals surface area contributed by atoms with Crippen molar-refractivity contribution in [3.8, 4) is 0 Å². The Hall–Kier alpha value is -1.38. The molecule has 2 N–H and O–H groups in total. The molecular formula is C9H12N2O. The molecule has 0 fully saturated rings. The molecule has 0 radical (unpaired) electrons. The van der Waals surface area contributed by atoms with Crippen LogP contribution < -0.4 is 5.73 Å². The standard InChI is InChI=1S/C9H12N2O/c1-3-7-5-4-6(2)8(11-7)9(10)12/h4-5H,3H2,1-2H3,(H2,10,12). The van der Waals surface area contributed by atoms with Crippen LogP contribution in [-0.2, 0) is 6.42 Å². The summed E-state index contributed by atoms with van der Waals surface area (Å²) in [4.78, 5) is 15.0. The molecule has 0 unspecified atom stereocenters. The molecule has 3 heteroatoms. The maximum absolute atomic E-state index is 10.8. The van der Waals surface area contributed by atoms with E-state index < -0.39 is 5.91 Å². The van der Waals surface area contributed by atoms with Gasteiger partial charge in [-0.3, -0.25) is 4.79 Å². The van der Waals surface area contributed by atoms with Crippen LogP contribution in [0.1, 0.15) is 28.7 Å². The topological polar surface area (TPSA) is 56.0 Å². The second-order valence-electron chi connectivity index (χ2n) is 2.69. The van der Waals surface area contributed by atoms with Crippen molar-refractivity contribution in [2.75, 3.05) is 0 Å². The van der Waals surface area contributed by atoms with Crippen LogP contribution in [0.3, 0.4) is 0 Å². The minimum absolute atomic E-state index is 0.384. The first-order valence-corrected chi connectivity index (χ1v) is 3.91. The molecule has 1 rings (SSSR count). The highest BCUT2D eigenvalue weighted by Gasteiger charge is 2.06. The van der Waals surface area contributed by atoms with E-state index >= 15 is 0 Å². The fourth-order valence-electron chi connectivity index (χ4n) is 1.02. The molecule has 0 atom stereocenters. The zero-order valence-corrected chi connectivity index (χ0v) is 7.29. The van der Waals surface area contributed by atoms with E-state index in [9.17, 15) is 4.79 Å². The quantitative estimate of drug-likeness (QED) is 0.710. The van der Waals surface area contributed by atoms with Crippen LogP contribution in [0.15, 0.2) is 12.1 Å². The van der Waals surface area contributed by atoms with E-state index in [-0.39, 0.29) is 0 Å². The number of aromatic nitrogens is 1. The van der Waals surface area contributed by atoms with Gasteiger partial charge in [0, 0.05) is 5.69 Å². The normalized spacial score (nSPS) is 9.83. The second kappa shape index (κ2) is 3.34. The van der Waals surface area contributed by atoms with Gasteiger partial charge in [0.2, 0.25) is 0 Å². The lowest BCUT2D eigenvalue weighted by atomic mass is 10.1. The lowest BCUT2D eigenvalue weighted by molar-refractivity contribution is 0.0994. The van der Waals surface area contributed by atoms with Crippen LogP contribution in [0, 0.1) is 6.92 Å². The first-order chi connectivity index (χ1) is 5.65. The minimum Gasteiger partial charge on any atom is -0.364 e. The molecule has 0 aliphatic carbocycles. The summed E-state index contributed by atoms with van der Waals surface area (Å²) in [6.45, 7) is 3.81. The van der Waals surface area contributed by atoms with Crippen LogP contribution >= 0.6 is 0 Å². The predicted octanol–water partition coefficient (Wildman–Crippen LogP) is 1.05. The number of hydrogen-bond donors (Lipinski definition) is 1. The summed E-state index contributed by atoms with van der Waals surface area (Å²) in [6, 6.07) is 3.77. The number of carbonyl (C=O) groups excluding carboxylic acids is 1. The Bertz CT molecular complexity index is 307. The number of rotatable bonds is 2. The van der Waals surface area contributed by atoms with Crippen LogP contribution in [0.5, 0.6) is 0 Å². The fourth-order valence-corrected chi connectivity index (χ4v) is 1.02. The van der Waals surface area contributed by atoms with E-state index in [0.717, 1.165) is 17.7 Å². The van der Waals surface area contributed by atoms with E-state index in [4.69, 9.17) is 5.73 Å². The lowest BCUT2D eigenvalue weighted by Gasteiger charge is -2.02. The van der Waals surface area contributed by atoms with Crippen molar-refractivity contribution in [3.05, 3.63) is 29.1 Å². The molecule has 1 amide bonds. The summed E-state index contributed by atoms with van der Waals surface area (Å²) >= 11 is 0. The molecule has 1 heterocycles. The SMILES string of the molecule is CCc1ccc(C)c(C(N)=O)n1. The van der Waals surface area contributed by atoms with Gasteiger partial charge in [0.05, 0.1) is 0 Å². The number of primary amides is 1. The number of nitrogens with zero attached hydrogens (tertiary/aromatic N) is 1.